The van der Waals surface area contributed by atoms with E-state index in [1.165, 1.54) is 16.9 Å². The molecule has 0 amide bonds. The molecular formula is C14H16BrNO2S2. The molecule has 0 saturated heterocycles. The van der Waals surface area contributed by atoms with Crippen LogP contribution in [0.3, 0.4) is 0 Å². The number of hydrogen-bond acceptors (Lipinski definition) is 3. The third-order valence-electron chi connectivity index (χ3n) is 3.05. The van der Waals surface area contributed by atoms with E-state index in [4.69, 9.17) is 0 Å². The fourth-order valence-electron chi connectivity index (χ4n) is 1.88. The standard InChI is InChI=1S/C14H16BrNO2S2/c1-3-11-6-4-5-7-12(11)9-16-20(17,18)13-8-10(2)14(15)19-13/h4-8,16H,3,9H2,1-2H3. The largest absolute Gasteiger partial charge is 0.250 e. The number of rotatable bonds is 5. The van der Waals surface area contributed by atoms with Crippen LogP contribution < -0.4 is 4.72 Å². The maximum atomic E-state index is 12.2. The zero-order valence-electron chi connectivity index (χ0n) is 11.3. The highest BCUT2D eigenvalue weighted by Crippen LogP contribution is 2.30. The maximum Gasteiger partial charge on any atom is 0.250 e. The molecule has 0 unspecified atom stereocenters. The smallest absolute Gasteiger partial charge is 0.206 e. The van der Waals surface area contributed by atoms with Crippen LogP contribution in [-0.2, 0) is 23.0 Å². The highest BCUT2D eigenvalue weighted by Gasteiger charge is 2.18. The van der Waals surface area contributed by atoms with E-state index in [9.17, 15) is 8.42 Å². The van der Waals surface area contributed by atoms with Gasteiger partial charge in [-0.25, -0.2) is 13.1 Å². The van der Waals surface area contributed by atoms with E-state index >= 15 is 0 Å². The van der Waals surface area contributed by atoms with E-state index < -0.39 is 10.0 Å². The molecule has 0 bridgehead atoms. The highest BCUT2D eigenvalue weighted by molar-refractivity contribution is 9.11. The number of nitrogens with one attached hydrogen (secondary N) is 1. The summed E-state index contributed by atoms with van der Waals surface area (Å²) in [5.41, 5.74) is 3.12. The molecule has 0 fully saturated rings. The molecule has 1 aromatic heterocycles. The third-order valence-corrected chi connectivity index (χ3v) is 7.06. The number of sulfonamides is 1. The molecule has 0 atom stereocenters. The third kappa shape index (κ3) is 3.49. The summed E-state index contributed by atoms with van der Waals surface area (Å²) in [6, 6.07) is 9.56. The molecule has 0 aliphatic heterocycles. The van der Waals surface area contributed by atoms with Gasteiger partial charge >= 0.3 is 0 Å². The van der Waals surface area contributed by atoms with E-state index in [1.807, 2.05) is 31.2 Å². The van der Waals surface area contributed by atoms with E-state index in [0.29, 0.717) is 10.8 Å². The molecule has 6 heteroatoms. The molecule has 2 aromatic rings. The molecule has 2 rings (SSSR count). The lowest BCUT2D eigenvalue weighted by Crippen LogP contribution is -2.23. The Morgan fingerprint density at radius 2 is 1.90 bits per heavy atom. The summed E-state index contributed by atoms with van der Waals surface area (Å²) in [7, 11) is -3.45. The Balaban J connectivity index is 2.17. The number of thiophene rings is 1. The van der Waals surface area contributed by atoms with Gasteiger partial charge in [0, 0.05) is 6.54 Å². The molecule has 20 heavy (non-hydrogen) atoms. The van der Waals surface area contributed by atoms with Gasteiger partial charge in [-0.15, -0.1) is 11.3 Å². The van der Waals surface area contributed by atoms with E-state index in [0.717, 1.165) is 21.3 Å². The monoisotopic (exact) mass is 373 g/mol. The van der Waals surface area contributed by atoms with Crippen LogP contribution in [-0.4, -0.2) is 8.42 Å². The molecule has 1 N–H and O–H groups in total. The number of aryl methyl sites for hydroxylation is 2. The molecule has 108 valence electrons. The normalized spacial score (nSPS) is 11.8. The first-order chi connectivity index (χ1) is 9.44. The predicted octanol–water partition coefficient (Wildman–Crippen LogP) is 3.86. The Morgan fingerprint density at radius 3 is 2.45 bits per heavy atom. The Hall–Kier alpha value is -0.690. The second kappa shape index (κ2) is 6.39. The summed E-state index contributed by atoms with van der Waals surface area (Å²) in [5.74, 6) is 0. The van der Waals surface area contributed by atoms with Crippen LogP contribution in [0, 0.1) is 6.92 Å². The van der Waals surface area contributed by atoms with Crippen LogP contribution in [0.1, 0.15) is 23.6 Å². The van der Waals surface area contributed by atoms with Crippen molar-refractivity contribution in [3.05, 3.63) is 50.8 Å². The van der Waals surface area contributed by atoms with Crippen molar-refractivity contribution < 1.29 is 8.42 Å². The minimum absolute atomic E-state index is 0.320. The molecule has 1 heterocycles. The number of benzene rings is 1. The molecule has 3 nitrogen and oxygen atoms in total. The average Bonchev–Trinajstić information content (AvgIpc) is 2.78. The van der Waals surface area contributed by atoms with Gasteiger partial charge in [0.2, 0.25) is 10.0 Å². The Morgan fingerprint density at radius 1 is 1.25 bits per heavy atom. The van der Waals surface area contributed by atoms with E-state index in [2.05, 4.69) is 27.6 Å². The second-order valence-electron chi connectivity index (χ2n) is 4.47. The van der Waals surface area contributed by atoms with Crippen molar-refractivity contribution in [2.24, 2.45) is 0 Å². The van der Waals surface area contributed by atoms with Crippen LogP contribution in [0.2, 0.25) is 0 Å². The topological polar surface area (TPSA) is 46.2 Å². The summed E-state index contributed by atoms with van der Waals surface area (Å²) in [4.78, 5) is 0. The Bertz CT molecular complexity index is 688. The van der Waals surface area contributed by atoms with Gasteiger partial charge in [0.15, 0.2) is 0 Å². The fourth-order valence-corrected chi connectivity index (χ4v) is 5.16. The van der Waals surface area contributed by atoms with E-state index in [1.54, 1.807) is 6.07 Å². The van der Waals surface area contributed by atoms with Crippen molar-refractivity contribution in [3.8, 4) is 0 Å². The molecule has 0 saturated carbocycles. The Labute approximate surface area is 132 Å². The second-order valence-corrected chi connectivity index (χ2v) is 8.83. The van der Waals surface area contributed by atoms with Gasteiger partial charge in [-0.2, -0.15) is 0 Å². The minimum atomic E-state index is -3.45. The molecule has 0 spiro atoms. The molecular weight excluding hydrogens is 358 g/mol. The van der Waals surface area contributed by atoms with Gasteiger partial charge in [-0.3, -0.25) is 0 Å². The van der Waals surface area contributed by atoms with Crippen LogP contribution in [0.25, 0.3) is 0 Å². The molecule has 0 aliphatic carbocycles. The van der Waals surface area contributed by atoms with Gasteiger partial charge in [0.05, 0.1) is 3.79 Å². The van der Waals surface area contributed by atoms with Gasteiger partial charge in [0.1, 0.15) is 4.21 Å². The number of hydrogen-bond donors (Lipinski definition) is 1. The van der Waals surface area contributed by atoms with Crippen molar-refractivity contribution in [3.63, 3.8) is 0 Å². The van der Waals surface area contributed by atoms with Crippen LogP contribution in [0.15, 0.2) is 38.3 Å². The van der Waals surface area contributed by atoms with E-state index in [-0.39, 0.29) is 0 Å². The molecule has 0 aliphatic rings. The zero-order valence-corrected chi connectivity index (χ0v) is 14.5. The predicted molar refractivity (Wildman–Crippen MR) is 86.6 cm³/mol. The first-order valence-corrected chi connectivity index (χ1v) is 9.35. The summed E-state index contributed by atoms with van der Waals surface area (Å²) in [6.45, 7) is 4.26. The first-order valence-electron chi connectivity index (χ1n) is 6.26. The fraction of sp³-hybridized carbons (Fsp3) is 0.286. The van der Waals surface area contributed by atoms with Crippen molar-refractivity contribution >= 4 is 37.3 Å². The quantitative estimate of drug-likeness (QED) is 0.864. The zero-order chi connectivity index (χ0) is 14.8. The van der Waals surface area contributed by atoms with Gasteiger partial charge < -0.3 is 0 Å². The maximum absolute atomic E-state index is 12.2. The van der Waals surface area contributed by atoms with Crippen LogP contribution in [0.5, 0.6) is 0 Å². The van der Waals surface area contributed by atoms with Crippen LogP contribution in [0.4, 0.5) is 0 Å². The lowest BCUT2D eigenvalue weighted by molar-refractivity contribution is 0.583. The van der Waals surface area contributed by atoms with Crippen molar-refractivity contribution in [2.75, 3.05) is 0 Å². The Kier molecular flexibility index (Phi) is 5.01. The van der Waals surface area contributed by atoms with Crippen molar-refractivity contribution in [1.82, 2.24) is 4.72 Å². The SMILES string of the molecule is CCc1ccccc1CNS(=O)(=O)c1cc(C)c(Br)s1. The minimum Gasteiger partial charge on any atom is -0.206 e. The van der Waals surface area contributed by atoms with Crippen LogP contribution >= 0.6 is 27.3 Å². The summed E-state index contributed by atoms with van der Waals surface area (Å²) in [5, 5.41) is 0. The van der Waals surface area contributed by atoms with Crippen molar-refractivity contribution in [2.45, 2.75) is 31.0 Å². The highest BCUT2D eigenvalue weighted by atomic mass is 79.9. The van der Waals surface area contributed by atoms with Crippen molar-refractivity contribution in [1.29, 1.82) is 0 Å². The van der Waals surface area contributed by atoms with Gasteiger partial charge in [-0.1, -0.05) is 31.2 Å². The van der Waals surface area contributed by atoms with Gasteiger partial charge in [0.25, 0.3) is 0 Å². The van der Waals surface area contributed by atoms with Gasteiger partial charge in [-0.05, 0) is 52.0 Å². The lowest BCUT2D eigenvalue weighted by Gasteiger charge is -2.08. The summed E-state index contributed by atoms with van der Waals surface area (Å²) < 4.78 is 28.4. The summed E-state index contributed by atoms with van der Waals surface area (Å²) in [6.07, 6.45) is 0.890. The number of halogens is 1. The lowest BCUT2D eigenvalue weighted by atomic mass is 10.1. The molecule has 0 radical (unpaired) electrons. The first kappa shape index (κ1) is 15.7. The average molecular weight is 374 g/mol. The summed E-state index contributed by atoms with van der Waals surface area (Å²) >= 11 is 4.59. The molecule has 1 aromatic carbocycles.